The van der Waals surface area contributed by atoms with Crippen molar-refractivity contribution in [1.82, 2.24) is 4.72 Å². The molecule has 0 bridgehead atoms. The van der Waals surface area contributed by atoms with Gasteiger partial charge in [0, 0.05) is 0 Å². The zero-order chi connectivity index (χ0) is 9.61. The highest BCUT2D eigenvalue weighted by Gasteiger charge is 2.13. The van der Waals surface area contributed by atoms with E-state index in [0.717, 1.165) is 12.8 Å². The molecule has 0 atom stereocenters. The first kappa shape index (κ1) is 11.2. The van der Waals surface area contributed by atoms with Crippen molar-refractivity contribution in [3.8, 4) is 0 Å². The quantitative estimate of drug-likeness (QED) is 0.632. The molecule has 71 valence electrons. The third-order valence-corrected chi connectivity index (χ3v) is 2.50. The smallest absolute Gasteiger partial charge is 0.349 e. The van der Waals surface area contributed by atoms with Gasteiger partial charge in [-0.2, -0.15) is 0 Å². The number of primary amides is 1. The topological polar surface area (TPSA) is 91.3 Å². The Morgan fingerprint density at radius 3 is 2.42 bits per heavy atom. The van der Waals surface area contributed by atoms with E-state index in [9.17, 15) is 13.2 Å². The van der Waals surface area contributed by atoms with Gasteiger partial charge in [-0.1, -0.05) is 19.8 Å². The average molecular weight is 193 g/mol. The summed E-state index contributed by atoms with van der Waals surface area (Å²) in [5.74, 6) is -0.0935. The third kappa shape index (κ3) is 5.96. The molecule has 0 fully saturated rings. The van der Waals surface area contributed by atoms with Crippen LogP contribution in [0, 0.1) is 0 Å². The summed E-state index contributed by atoms with van der Waals surface area (Å²) in [6.45, 7) is 1.96. The molecule has 2 N–H and O–H groups in total. The summed E-state index contributed by atoms with van der Waals surface area (Å²) in [7, 11) is -3.60. The number of unbranched alkanes of at least 4 members (excludes halogenated alkanes) is 2. The average Bonchev–Trinajstić information content (AvgIpc) is 1.84. The van der Waals surface area contributed by atoms with Crippen molar-refractivity contribution in [2.24, 2.45) is 5.73 Å². The second-order valence-corrected chi connectivity index (χ2v) is 4.18. The molecule has 0 unspecified atom stereocenters. The largest absolute Gasteiger partial charge is 0.349 e. The van der Waals surface area contributed by atoms with Crippen molar-refractivity contribution >= 4 is 16.1 Å². The molecular weight excluding hydrogens is 180 g/mol. The van der Waals surface area contributed by atoms with E-state index in [4.69, 9.17) is 0 Å². The monoisotopic (exact) mass is 193 g/mol. The Balaban J connectivity index is 3.81. The van der Waals surface area contributed by atoms with Gasteiger partial charge >= 0.3 is 6.03 Å². The lowest BCUT2D eigenvalue weighted by Crippen LogP contribution is -2.30. The molecule has 0 rings (SSSR count). The van der Waals surface area contributed by atoms with E-state index in [1.165, 1.54) is 0 Å². The third-order valence-electron chi connectivity index (χ3n) is 1.23. The standard InChI is InChI=1S/C6H13N2O3S/c1-2-3-4-5-12(10,11)8-6(7)9/h2-5H2,1H3,(H2,7,9). The van der Waals surface area contributed by atoms with Crippen molar-refractivity contribution in [2.45, 2.75) is 26.2 Å². The molecule has 2 amide bonds. The Labute approximate surface area is 72.4 Å². The predicted molar refractivity (Wildman–Crippen MR) is 45.0 cm³/mol. The first-order chi connectivity index (χ1) is 5.48. The number of amides is 2. The van der Waals surface area contributed by atoms with Crippen molar-refractivity contribution < 1.29 is 13.2 Å². The van der Waals surface area contributed by atoms with Crippen LogP contribution in [0.3, 0.4) is 0 Å². The van der Waals surface area contributed by atoms with Gasteiger partial charge in [0.15, 0.2) is 0 Å². The van der Waals surface area contributed by atoms with Crippen LogP contribution in [0.25, 0.3) is 0 Å². The highest BCUT2D eigenvalue weighted by molar-refractivity contribution is 7.89. The summed E-state index contributed by atoms with van der Waals surface area (Å²) in [4.78, 5) is 10.1. The summed E-state index contributed by atoms with van der Waals surface area (Å²) >= 11 is 0. The van der Waals surface area contributed by atoms with Gasteiger partial charge in [0.2, 0.25) is 0 Å². The summed E-state index contributed by atoms with van der Waals surface area (Å²) < 4.78 is 24.5. The van der Waals surface area contributed by atoms with E-state index < -0.39 is 16.1 Å². The van der Waals surface area contributed by atoms with E-state index in [1.807, 2.05) is 6.92 Å². The number of nitrogens with zero attached hydrogens (tertiary/aromatic N) is 1. The fourth-order valence-electron chi connectivity index (χ4n) is 0.717. The highest BCUT2D eigenvalue weighted by atomic mass is 32.2. The number of rotatable bonds is 5. The lowest BCUT2D eigenvalue weighted by Gasteiger charge is -1.99. The number of hydrogen-bond donors (Lipinski definition) is 1. The molecule has 0 aromatic heterocycles. The lowest BCUT2D eigenvalue weighted by atomic mass is 10.3. The molecule has 5 nitrogen and oxygen atoms in total. The minimum Gasteiger partial charge on any atom is -0.349 e. The van der Waals surface area contributed by atoms with Crippen LogP contribution < -0.4 is 10.5 Å². The van der Waals surface area contributed by atoms with E-state index in [1.54, 1.807) is 0 Å². The molecule has 12 heavy (non-hydrogen) atoms. The molecular formula is C6H13N2O3S. The second-order valence-electron chi connectivity index (χ2n) is 2.42. The maximum Gasteiger partial charge on any atom is 0.349 e. The van der Waals surface area contributed by atoms with Gasteiger partial charge in [-0.05, 0) is 6.42 Å². The van der Waals surface area contributed by atoms with Crippen molar-refractivity contribution in [2.75, 3.05) is 5.75 Å². The highest BCUT2D eigenvalue weighted by Crippen LogP contribution is 1.97. The van der Waals surface area contributed by atoms with Gasteiger partial charge in [-0.25, -0.2) is 13.2 Å². The van der Waals surface area contributed by atoms with Gasteiger partial charge in [0.05, 0.1) is 5.75 Å². The van der Waals surface area contributed by atoms with Gasteiger partial charge in [-0.3, -0.25) is 0 Å². The Kier molecular flexibility index (Phi) is 4.65. The molecule has 0 saturated carbocycles. The summed E-state index contributed by atoms with van der Waals surface area (Å²) in [6.07, 6.45) is 2.26. The van der Waals surface area contributed by atoms with Crippen LogP contribution in [-0.2, 0) is 10.0 Å². The van der Waals surface area contributed by atoms with Crippen LogP contribution >= 0.6 is 0 Å². The van der Waals surface area contributed by atoms with Crippen LogP contribution in [-0.4, -0.2) is 20.2 Å². The van der Waals surface area contributed by atoms with Gasteiger partial charge in [0.25, 0.3) is 10.0 Å². The van der Waals surface area contributed by atoms with Gasteiger partial charge < -0.3 is 5.73 Å². The first-order valence-electron chi connectivity index (χ1n) is 3.73. The van der Waals surface area contributed by atoms with Crippen LogP contribution in [0.15, 0.2) is 0 Å². The van der Waals surface area contributed by atoms with Gasteiger partial charge in [-0.15, -0.1) is 4.72 Å². The van der Waals surface area contributed by atoms with Crippen molar-refractivity contribution in [1.29, 1.82) is 0 Å². The molecule has 0 aliphatic carbocycles. The van der Waals surface area contributed by atoms with E-state index in [-0.39, 0.29) is 5.75 Å². The number of sulfonamides is 1. The maximum absolute atomic E-state index is 10.8. The van der Waals surface area contributed by atoms with Crippen LogP contribution in [0.1, 0.15) is 26.2 Å². The summed E-state index contributed by atoms with van der Waals surface area (Å²) in [5, 5.41) is 0. The van der Waals surface area contributed by atoms with E-state index in [0.29, 0.717) is 6.42 Å². The fraction of sp³-hybridized carbons (Fsp3) is 0.833. The zero-order valence-corrected chi connectivity index (χ0v) is 7.80. The number of hydrogen-bond acceptors (Lipinski definition) is 3. The fourth-order valence-corrected chi connectivity index (χ4v) is 1.65. The molecule has 0 spiro atoms. The van der Waals surface area contributed by atoms with Crippen molar-refractivity contribution in [3.63, 3.8) is 0 Å². The number of urea groups is 1. The Morgan fingerprint density at radius 1 is 1.42 bits per heavy atom. The van der Waals surface area contributed by atoms with Crippen molar-refractivity contribution in [3.05, 3.63) is 0 Å². The Hall–Kier alpha value is -0.780. The molecule has 0 aliphatic heterocycles. The summed E-state index contributed by atoms with van der Waals surface area (Å²) in [6, 6.07) is -1.15. The van der Waals surface area contributed by atoms with Crippen LogP contribution in [0.5, 0.6) is 0 Å². The van der Waals surface area contributed by atoms with E-state index in [2.05, 4.69) is 10.5 Å². The minimum atomic E-state index is -3.60. The summed E-state index contributed by atoms with van der Waals surface area (Å²) in [5.41, 5.74) is 4.60. The molecule has 0 saturated heterocycles. The molecule has 0 aromatic rings. The second kappa shape index (κ2) is 4.97. The molecule has 0 heterocycles. The van der Waals surface area contributed by atoms with Crippen LogP contribution in [0.4, 0.5) is 4.79 Å². The van der Waals surface area contributed by atoms with Crippen LogP contribution in [0.2, 0.25) is 0 Å². The number of carbonyl (C=O) groups is 1. The predicted octanol–water partition coefficient (Wildman–Crippen LogP) is 0.190. The molecule has 1 radical (unpaired) electrons. The molecule has 0 aromatic carbocycles. The Morgan fingerprint density at radius 2 is 2.00 bits per heavy atom. The SMILES string of the molecule is CCCCCS(=O)(=O)[N]C(N)=O. The normalized spacial score (nSPS) is 11.1. The molecule has 0 aliphatic rings. The number of nitrogens with two attached hydrogens (primary N) is 1. The minimum absolute atomic E-state index is 0.0935. The number of carbonyl (C=O) groups excluding carboxylic acids is 1. The first-order valence-corrected chi connectivity index (χ1v) is 5.34. The Bertz CT molecular complexity index is 235. The lowest BCUT2D eigenvalue weighted by molar-refractivity contribution is 0.253. The van der Waals surface area contributed by atoms with E-state index >= 15 is 0 Å². The molecule has 6 heteroatoms. The van der Waals surface area contributed by atoms with Gasteiger partial charge in [0.1, 0.15) is 0 Å². The zero-order valence-electron chi connectivity index (χ0n) is 6.99. The maximum atomic E-state index is 10.8.